The van der Waals surface area contributed by atoms with Gasteiger partial charge in [0.2, 0.25) is 0 Å². The average Bonchev–Trinajstić information content (AvgIpc) is 2.06. The maximum absolute atomic E-state index is 10.5. The molecule has 0 unspecified atom stereocenters. The van der Waals surface area contributed by atoms with Gasteiger partial charge < -0.3 is 14.8 Å². The van der Waals surface area contributed by atoms with Crippen molar-refractivity contribution in [1.29, 1.82) is 0 Å². The van der Waals surface area contributed by atoms with Gasteiger partial charge in [-0.1, -0.05) is 0 Å². The van der Waals surface area contributed by atoms with E-state index in [2.05, 4.69) is 5.92 Å². The average molecular weight is 167 g/mol. The summed E-state index contributed by atoms with van der Waals surface area (Å²) in [6.45, 7) is 2.44. The van der Waals surface area contributed by atoms with E-state index in [4.69, 9.17) is 6.42 Å². The number of carbonyl (C=O) groups excluding carboxylic acids is 1. The van der Waals surface area contributed by atoms with Crippen molar-refractivity contribution in [3.05, 3.63) is 0 Å². The molecule has 1 fully saturated rings. The fraction of sp³-hybridized carbons (Fsp3) is 0.667. The van der Waals surface area contributed by atoms with Crippen LogP contribution in [0.25, 0.3) is 0 Å². The van der Waals surface area contributed by atoms with E-state index in [1.54, 1.807) is 0 Å². The maximum atomic E-state index is 10.5. The molecule has 0 aromatic rings. The zero-order valence-electron chi connectivity index (χ0n) is 7.01. The topological polar surface area (TPSA) is 44.6 Å². The molecule has 0 bridgehead atoms. The van der Waals surface area contributed by atoms with Gasteiger partial charge in [-0.05, 0) is 5.92 Å². The predicted molar refractivity (Wildman–Crippen MR) is 42.1 cm³/mol. The Morgan fingerprint density at radius 2 is 2.17 bits per heavy atom. The number of carboxylic acids is 1. The Hall–Kier alpha value is -1.01. The van der Waals surface area contributed by atoms with E-state index in [0.29, 0.717) is 19.4 Å². The Morgan fingerprint density at radius 3 is 2.58 bits per heavy atom. The van der Waals surface area contributed by atoms with Gasteiger partial charge >= 0.3 is 0 Å². The second kappa shape index (κ2) is 4.13. The van der Waals surface area contributed by atoms with Crippen molar-refractivity contribution < 1.29 is 14.8 Å². The first-order chi connectivity index (χ1) is 5.74. The Labute approximate surface area is 72.4 Å². The predicted octanol–water partition coefficient (Wildman–Crippen LogP) is -2.34. The number of likely N-dealkylation sites (tertiary alicyclic amines) is 1. The Balaban J connectivity index is 2.30. The van der Waals surface area contributed by atoms with Crippen molar-refractivity contribution in [1.82, 2.24) is 0 Å². The second-order valence-corrected chi connectivity index (χ2v) is 3.22. The van der Waals surface area contributed by atoms with Crippen molar-refractivity contribution in [3.8, 4) is 12.3 Å². The van der Waals surface area contributed by atoms with E-state index in [1.165, 1.54) is 4.90 Å². The SMILES string of the molecule is C#CC[NH+]1CCC(C(=O)[O-])CC1. The van der Waals surface area contributed by atoms with Crippen LogP contribution in [0.4, 0.5) is 0 Å². The lowest BCUT2D eigenvalue weighted by Gasteiger charge is -2.28. The van der Waals surface area contributed by atoms with Gasteiger partial charge in [0.05, 0.1) is 13.1 Å². The zero-order valence-corrected chi connectivity index (χ0v) is 7.01. The van der Waals surface area contributed by atoms with E-state index >= 15 is 0 Å². The molecule has 0 radical (unpaired) electrons. The quantitative estimate of drug-likeness (QED) is 0.469. The Kier molecular flexibility index (Phi) is 3.12. The van der Waals surface area contributed by atoms with Gasteiger partial charge in [-0.3, -0.25) is 0 Å². The molecule has 0 aliphatic carbocycles. The molecule has 0 saturated carbocycles. The molecule has 1 heterocycles. The number of aliphatic carboxylic acids is 1. The molecule has 3 nitrogen and oxygen atoms in total. The van der Waals surface area contributed by atoms with Gasteiger partial charge in [0.15, 0.2) is 0 Å². The van der Waals surface area contributed by atoms with E-state index in [1.807, 2.05) is 0 Å². The standard InChI is InChI=1S/C9H13NO2/c1-2-5-10-6-3-8(4-7-10)9(11)12/h1,8H,3-7H2,(H,11,12). The van der Waals surface area contributed by atoms with E-state index in [-0.39, 0.29) is 5.92 Å². The zero-order chi connectivity index (χ0) is 8.97. The van der Waals surface area contributed by atoms with Gasteiger partial charge in [-0.2, -0.15) is 0 Å². The minimum Gasteiger partial charge on any atom is -0.550 e. The molecule has 0 atom stereocenters. The first-order valence-electron chi connectivity index (χ1n) is 4.22. The minimum atomic E-state index is -0.908. The lowest BCUT2D eigenvalue weighted by molar-refractivity contribution is -0.898. The number of rotatable bonds is 2. The van der Waals surface area contributed by atoms with Crippen LogP contribution in [0.3, 0.4) is 0 Å². The van der Waals surface area contributed by atoms with Crippen molar-refractivity contribution in [2.24, 2.45) is 5.92 Å². The van der Waals surface area contributed by atoms with Crippen LogP contribution < -0.4 is 10.0 Å². The number of carbonyl (C=O) groups is 1. The van der Waals surface area contributed by atoms with Crippen LogP contribution in [-0.4, -0.2) is 25.6 Å². The Bertz CT molecular complexity index is 199. The van der Waals surface area contributed by atoms with Crippen molar-refractivity contribution in [2.75, 3.05) is 19.6 Å². The molecular formula is C9H13NO2. The van der Waals surface area contributed by atoms with Crippen LogP contribution in [0.1, 0.15) is 12.8 Å². The lowest BCUT2D eigenvalue weighted by atomic mass is 9.97. The molecule has 0 aromatic heterocycles. The van der Waals surface area contributed by atoms with E-state index < -0.39 is 5.97 Å². The third kappa shape index (κ3) is 2.24. The molecule has 66 valence electrons. The van der Waals surface area contributed by atoms with Gasteiger partial charge in [-0.15, -0.1) is 6.42 Å². The molecule has 0 aromatic carbocycles. The van der Waals surface area contributed by atoms with Gasteiger partial charge in [0.1, 0.15) is 6.54 Å². The van der Waals surface area contributed by atoms with Crippen LogP contribution >= 0.6 is 0 Å². The summed E-state index contributed by atoms with van der Waals surface area (Å²) in [6, 6.07) is 0. The first kappa shape index (κ1) is 9.08. The molecule has 1 aliphatic rings. The monoisotopic (exact) mass is 167 g/mol. The number of piperidine rings is 1. The number of carboxylic acid groups (broad SMARTS) is 1. The van der Waals surface area contributed by atoms with E-state index in [0.717, 1.165) is 13.1 Å². The summed E-state index contributed by atoms with van der Waals surface area (Å²) in [4.78, 5) is 11.8. The van der Waals surface area contributed by atoms with Crippen LogP contribution in [0.15, 0.2) is 0 Å². The molecule has 12 heavy (non-hydrogen) atoms. The third-order valence-corrected chi connectivity index (χ3v) is 2.38. The maximum Gasteiger partial charge on any atom is 0.139 e. The molecule has 1 rings (SSSR count). The molecule has 1 aliphatic heterocycles. The van der Waals surface area contributed by atoms with Gasteiger partial charge in [-0.25, -0.2) is 0 Å². The number of quaternary nitrogens is 1. The summed E-state index contributed by atoms with van der Waals surface area (Å²) >= 11 is 0. The minimum absolute atomic E-state index is 0.244. The molecule has 1 saturated heterocycles. The van der Waals surface area contributed by atoms with Crippen LogP contribution in [0.2, 0.25) is 0 Å². The van der Waals surface area contributed by atoms with E-state index in [9.17, 15) is 9.90 Å². The summed E-state index contributed by atoms with van der Waals surface area (Å²) < 4.78 is 0. The fourth-order valence-electron chi connectivity index (χ4n) is 1.58. The fourth-order valence-corrected chi connectivity index (χ4v) is 1.58. The Morgan fingerprint density at radius 1 is 1.58 bits per heavy atom. The molecule has 0 spiro atoms. The molecule has 0 amide bonds. The third-order valence-electron chi connectivity index (χ3n) is 2.38. The normalized spacial score (nSPS) is 29.2. The van der Waals surface area contributed by atoms with Gasteiger partial charge in [0.25, 0.3) is 0 Å². The number of terminal acetylenes is 1. The highest BCUT2D eigenvalue weighted by molar-refractivity contribution is 5.67. The number of hydrogen-bond donors (Lipinski definition) is 1. The summed E-state index contributed by atoms with van der Waals surface area (Å²) in [5.74, 6) is 1.43. The van der Waals surface area contributed by atoms with Gasteiger partial charge in [0, 0.05) is 24.7 Å². The van der Waals surface area contributed by atoms with Crippen LogP contribution in [0, 0.1) is 18.3 Å². The van der Waals surface area contributed by atoms with Crippen molar-refractivity contribution in [3.63, 3.8) is 0 Å². The lowest BCUT2D eigenvalue weighted by Crippen LogP contribution is -3.13. The van der Waals surface area contributed by atoms with Crippen LogP contribution in [0.5, 0.6) is 0 Å². The van der Waals surface area contributed by atoms with Crippen LogP contribution in [-0.2, 0) is 4.79 Å². The highest BCUT2D eigenvalue weighted by Gasteiger charge is 2.21. The highest BCUT2D eigenvalue weighted by Crippen LogP contribution is 2.07. The summed E-state index contributed by atoms with van der Waals surface area (Å²) in [5, 5.41) is 10.5. The summed E-state index contributed by atoms with van der Waals surface area (Å²) in [5.41, 5.74) is 0. The highest BCUT2D eigenvalue weighted by atomic mass is 16.4. The smallest absolute Gasteiger partial charge is 0.139 e. The van der Waals surface area contributed by atoms with Crippen molar-refractivity contribution >= 4 is 5.97 Å². The molecule has 1 N–H and O–H groups in total. The number of nitrogens with one attached hydrogen (secondary N) is 1. The molecule has 3 heteroatoms. The van der Waals surface area contributed by atoms with Crippen molar-refractivity contribution in [2.45, 2.75) is 12.8 Å². The second-order valence-electron chi connectivity index (χ2n) is 3.22. The first-order valence-corrected chi connectivity index (χ1v) is 4.22. The largest absolute Gasteiger partial charge is 0.550 e. The summed E-state index contributed by atoms with van der Waals surface area (Å²) in [6.07, 6.45) is 6.57. The summed E-state index contributed by atoms with van der Waals surface area (Å²) in [7, 11) is 0. The number of hydrogen-bond acceptors (Lipinski definition) is 2. The molecular weight excluding hydrogens is 154 g/mol.